The van der Waals surface area contributed by atoms with Crippen molar-refractivity contribution in [3.8, 4) is 0 Å². The molecule has 1 atom stereocenters. The molecular weight excluding hydrogens is 284 g/mol. The molecule has 2 aliphatic heterocycles. The molecule has 1 N–H and O–H groups in total. The second kappa shape index (κ2) is 6.83. The van der Waals surface area contributed by atoms with Crippen molar-refractivity contribution in [3.05, 3.63) is 18.0 Å². The Morgan fingerprint density at radius 3 is 2.90 bits per heavy atom. The summed E-state index contributed by atoms with van der Waals surface area (Å²) in [4.78, 5) is 14.4. The zero-order valence-corrected chi connectivity index (χ0v) is 13.4. The Morgan fingerprint density at radius 2 is 2.29 bits per heavy atom. The number of hydrogen-bond donors (Lipinski definition) is 1. The third kappa shape index (κ3) is 3.61. The molecule has 0 aromatic carbocycles. The molecule has 1 amide bonds. The second-order valence-corrected chi connectivity index (χ2v) is 7.11. The Bertz CT molecular complexity index is 476. The molecule has 3 rings (SSSR count). The maximum Gasteiger partial charge on any atom is 0.224 e. The van der Waals surface area contributed by atoms with Crippen LogP contribution in [0, 0.1) is 0 Å². The van der Waals surface area contributed by atoms with Gasteiger partial charge in [0, 0.05) is 68.5 Å². The summed E-state index contributed by atoms with van der Waals surface area (Å²) in [6.07, 6.45) is 4.62. The summed E-state index contributed by atoms with van der Waals surface area (Å²) in [7, 11) is 2.00. The summed E-state index contributed by atoms with van der Waals surface area (Å²) in [6.45, 7) is 2.80. The lowest BCUT2D eigenvalue weighted by atomic mass is 9.93. The maximum atomic E-state index is 12.4. The van der Waals surface area contributed by atoms with Crippen LogP contribution in [0.1, 0.15) is 30.9 Å². The standard InChI is InChI=1S/C15H24N4OS/c1-18-14(2-5-17-18)12-3-7-19(8-4-12)15(20)10-13-11-21-9-6-16-13/h2,5,12-13,16H,3-4,6-11H2,1H3. The van der Waals surface area contributed by atoms with Gasteiger partial charge in [0.05, 0.1) is 0 Å². The highest BCUT2D eigenvalue weighted by molar-refractivity contribution is 7.99. The first-order valence-electron chi connectivity index (χ1n) is 7.81. The van der Waals surface area contributed by atoms with Crippen LogP contribution >= 0.6 is 11.8 Å². The van der Waals surface area contributed by atoms with Gasteiger partial charge < -0.3 is 10.2 Å². The minimum atomic E-state index is 0.318. The van der Waals surface area contributed by atoms with Crippen LogP contribution in [0.2, 0.25) is 0 Å². The lowest BCUT2D eigenvalue weighted by Gasteiger charge is -2.33. The van der Waals surface area contributed by atoms with Crippen LogP contribution in [0.4, 0.5) is 0 Å². The Morgan fingerprint density at radius 1 is 1.48 bits per heavy atom. The number of rotatable bonds is 3. The third-order valence-electron chi connectivity index (χ3n) is 4.54. The van der Waals surface area contributed by atoms with E-state index in [1.54, 1.807) is 0 Å². The molecule has 2 saturated heterocycles. The first kappa shape index (κ1) is 14.9. The van der Waals surface area contributed by atoms with Crippen molar-refractivity contribution in [2.45, 2.75) is 31.2 Å². The van der Waals surface area contributed by atoms with E-state index in [-0.39, 0.29) is 0 Å². The van der Waals surface area contributed by atoms with Crippen LogP contribution in [-0.4, -0.2) is 57.8 Å². The SMILES string of the molecule is Cn1nccc1C1CCN(C(=O)CC2CSCCN2)CC1. The molecule has 5 nitrogen and oxygen atoms in total. The van der Waals surface area contributed by atoms with E-state index in [0.29, 0.717) is 24.3 Å². The van der Waals surface area contributed by atoms with Crippen LogP contribution < -0.4 is 5.32 Å². The summed E-state index contributed by atoms with van der Waals surface area (Å²) >= 11 is 1.95. The number of carbonyl (C=O) groups excluding carboxylic acids is 1. The van der Waals surface area contributed by atoms with E-state index in [0.717, 1.165) is 38.2 Å². The van der Waals surface area contributed by atoms with Gasteiger partial charge in [-0.2, -0.15) is 16.9 Å². The van der Waals surface area contributed by atoms with Crippen LogP contribution in [0.25, 0.3) is 0 Å². The summed E-state index contributed by atoms with van der Waals surface area (Å²) in [5.41, 5.74) is 1.30. The molecule has 0 spiro atoms. The summed E-state index contributed by atoms with van der Waals surface area (Å²) in [5.74, 6) is 3.10. The molecule has 116 valence electrons. The lowest BCUT2D eigenvalue weighted by Crippen LogP contribution is -2.44. The maximum absolute atomic E-state index is 12.4. The molecule has 1 aromatic rings. The normalized spacial score (nSPS) is 24.2. The van der Waals surface area contributed by atoms with Gasteiger partial charge in [-0.3, -0.25) is 9.48 Å². The average molecular weight is 308 g/mol. The molecule has 21 heavy (non-hydrogen) atoms. The van der Waals surface area contributed by atoms with Crippen LogP contribution in [0.3, 0.4) is 0 Å². The fraction of sp³-hybridized carbons (Fsp3) is 0.733. The van der Waals surface area contributed by atoms with Gasteiger partial charge in [0.2, 0.25) is 5.91 Å². The monoisotopic (exact) mass is 308 g/mol. The number of aromatic nitrogens is 2. The Kier molecular flexibility index (Phi) is 4.85. The smallest absolute Gasteiger partial charge is 0.224 e. The van der Waals surface area contributed by atoms with E-state index in [4.69, 9.17) is 0 Å². The van der Waals surface area contributed by atoms with E-state index < -0.39 is 0 Å². The van der Waals surface area contributed by atoms with Crippen LogP contribution in [0.15, 0.2) is 12.3 Å². The number of likely N-dealkylation sites (tertiary alicyclic amines) is 1. The Balaban J connectivity index is 1.48. The zero-order valence-electron chi connectivity index (χ0n) is 12.6. The largest absolute Gasteiger partial charge is 0.343 e. The number of carbonyl (C=O) groups is 1. The molecule has 0 radical (unpaired) electrons. The number of thioether (sulfide) groups is 1. The predicted molar refractivity (Wildman–Crippen MR) is 85.5 cm³/mol. The summed E-state index contributed by atoms with van der Waals surface area (Å²) < 4.78 is 1.96. The van der Waals surface area contributed by atoms with Gasteiger partial charge in [0.25, 0.3) is 0 Å². The van der Waals surface area contributed by atoms with E-state index in [2.05, 4.69) is 16.5 Å². The summed E-state index contributed by atoms with van der Waals surface area (Å²) in [5, 5.41) is 7.70. The Labute approximate surface area is 130 Å². The minimum Gasteiger partial charge on any atom is -0.343 e. The van der Waals surface area contributed by atoms with Gasteiger partial charge >= 0.3 is 0 Å². The predicted octanol–water partition coefficient (Wildman–Crippen LogP) is 1.22. The highest BCUT2D eigenvalue weighted by Crippen LogP contribution is 2.27. The van der Waals surface area contributed by atoms with Crippen molar-refractivity contribution in [2.75, 3.05) is 31.1 Å². The van der Waals surface area contributed by atoms with Crippen LogP contribution in [0.5, 0.6) is 0 Å². The molecule has 2 aliphatic rings. The van der Waals surface area contributed by atoms with Crippen molar-refractivity contribution in [1.29, 1.82) is 0 Å². The molecule has 0 aliphatic carbocycles. The molecule has 1 aromatic heterocycles. The lowest BCUT2D eigenvalue weighted by molar-refractivity contribution is -0.132. The molecular formula is C15H24N4OS. The third-order valence-corrected chi connectivity index (χ3v) is 5.68. The van der Waals surface area contributed by atoms with Gasteiger partial charge in [-0.05, 0) is 18.9 Å². The van der Waals surface area contributed by atoms with Gasteiger partial charge in [0.1, 0.15) is 0 Å². The second-order valence-electron chi connectivity index (χ2n) is 5.96. The fourth-order valence-electron chi connectivity index (χ4n) is 3.30. The van der Waals surface area contributed by atoms with Crippen molar-refractivity contribution in [1.82, 2.24) is 20.0 Å². The van der Waals surface area contributed by atoms with E-state index in [9.17, 15) is 4.79 Å². The first-order chi connectivity index (χ1) is 10.2. The van der Waals surface area contributed by atoms with Crippen molar-refractivity contribution in [2.24, 2.45) is 7.05 Å². The van der Waals surface area contributed by atoms with E-state index in [1.165, 1.54) is 11.4 Å². The van der Waals surface area contributed by atoms with Gasteiger partial charge in [-0.25, -0.2) is 0 Å². The first-order valence-corrected chi connectivity index (χ1v) is 8.96. The molecule has 1 unspecified atom stereocenters. The van der Waals surface area contributed by atoms with Crippen molar-refractivity contribution in [3.63, 3.8) is 0 Å². The molecule has 2 fully saturated rings. The quantitative estimate of drug-likeness (QED) is 0.912. The Hall–Kier alpha value is -1.01. The summed E-state index contributed by atoms with van der Waals surface area (Å²) in [6, 6.07) is 2.47. The highest BCUT2D eigenvalue weighted by Gasteiger charge is 2.27. The van der Waals surface area contributed by atoms with Crippen LogP contribution in [-0.2, 0) is 11.8 Å². The number of aryl methyl sites for hydroxylation is 1. The zero-order chi connectivity index (χ0) is 14.7. The number of nitrogens with zero attached hydrogens (tertiary/aromatic N) is 3. The highest BCUT2D eigenvalue weighted by atomic mass is 32.2. The molecule has 0 saturated carbocycles. The molecule has 3 heterocycles. The minimum absolute atomic E-state index is 0.318. The van der Waals surface area contributed by atoms with E-state index >= 15 is 0 Å². The molecule has 6 heteroatoms. The van der Waals surface area contributed by atoms with Gasteiger partial charge in [0.15, 0.2) is 0 Å². The van der Waals surface area contributed by atoms with Crippen molar-refractivity contribution >= 4 is 17.7 Å². The van der Waals surface area contributed by atoms with Crippen molar-refractivity contribution < 1.29 is 4.79 Å². The van der Waals surface area contributed by atoms with Gasteiger partial charge in [-0.1, -0.05) is 0 Å². The topological polar surface area (TPSA) is 50.2 Å². The van der Waals surface area contributed by atoms with Gasteiger partial charge in [-0.15, -0.1) is 0 Å². The average Bonchev–Trinajstić information content (AvgIpc) is 2.94. The van der Waals surface area contributed by atoms with E-state index in [1.807, 2.05) is 34.6 Å². The number of hydrogen-bond acceptors (Lipinski definition) is 4. The number of amides is 1. The number of nitrogens with one attached hydrogen (secondary N) is 1. The number of piperidine rings is 1. The molecule has 0 bridgehead atoms. The fourth-order valence-corrected chi connectivity index (χ4v) is 4.25.